The molecule has 1 aromatic carbocycles. The summed E-state index contributed by atoms with van der Waals surface area (Å²) in [5.41, 5.74) is -0.587. The van der Waals surface area contributed by atoms with Crippen LogP contribution in [-0.2, 0) is 6.18 Å². The van der Waals surface area contributed by atoms with Crippen molar-refractivity contribution in [1.29, 1.82) is 0 Å². The maximum Gasteiger partial charge on any atom is 0.416 e. The molecule has 21 heavy (non-hydrogen) atoms. The summed E-state index contributed by atoms with van der Waals surface area (Å²) in [5, 5.41) is 8.50. The van der Waals surface area contributed by atoms with Crippen molar-refractivity contribution in [3.63, 3.8) is 0 Å². The second-order valence-corrected chi connectivity index (χ2v) is 4.46. The Kier molecular flexibility index (Phi) is 3.71. The molecule has 1 amide bonds. The van der Waals surface area contributed by atoms with E-state index in [9.17, 15) is 22.4 Å². The van der Waals surface area contributed by atoms with Gasteiger partial charge in [-0.2, -0.15) is 18.3 Å². The van der Waals surface area contributed by atoms with E-state index in [1.807, 2.05) is 0 Å². The summed E-state index contributed by atoms with van der Waals surface area (Å²) < 4.78 is 51.3. The molecule has 0 aliphatic carbocycles. The number of aromatic nitrogens is 2. The van der Waals surface area contributed by atoms with E-state index in [2.05, 4.69) is 15.5 Å². The van der Waals surface area contributed by atoms with Crippen molar-refractivity contribution in [2.75, 3.05) is 5.32 Å². The minimum absolute atomic E-state index is 0.173. The average molecular weight is 301 g/mol. The van der Waals surface area contributed by atoms with Gasteiger partial charge in [-0.05, 0) is 32.0 Å². The Bertz CT molecular complexity index is 672. The molecule has 0 aliphatic heterocycles. The zero-order chi connectivity index (χ0) is 15.8. The molecule has 0 unspecified atom stereocenters. The molecule has 112 valence electrons. The summed E-state index contributed by atoms with van der Waals surface area (Å²) in [6.07, 6.45) is -4.62. The highest BCUT2D eigenvalue weighted by atomic mass is 19.4. The van der Waals surface area contributed by atoms with Gasteiger partial charge in [-0.25, -0.2) is 4.39 Å². The van der Waals surface area contributed by atoms with E-state index < -0.39 is 29.2 Å². The number of carbonyl (C=O) groups excluding carboxylic acids is 1. The zero-order valence-electron chi connectivity index (χ0n) is 11.1. The van der Waals surface area contributed by atoms with E-state index in [0.29, 0.717) is 29.6 Å². The van der Waals surface area contributed by atoms with Gasteiger partial charge in [0.25, 0.3) is 5.91 Å². The molecule has 1 aromatic heterocycles. The maximum atomic E-state index is 13.6. The standard InChI is InChI=1S/C13H11F4N3O/c1-6-11(7(2)20-19-6)12(21)18-10-5-8(13(15,16)17)3-4-9(10)14/h3-5H,1-2H3,(H,18,21)(H,19,20). The van der Waals surface area contributed by atoms with E-state index in [1.165, 1.54) is 0 Å². The lowest BCUT2D eigenvalue weighted by Crippen LogP contribution is -2.16. The van der Waals surface area contributed by atoms with E-state index in [0.717, 1.165) is 0 Å². The first-order chi connectivity index (χ1) is 9.70. The lowest BCUT2D eigenvalue weighted by molar-refractivity contribution is -0.137. The summed E-state index contributed by atoms with van der Waals surface area (Å²) in [5.74, 6) is -1.67. The fourth-order valence-electron chi connectivity index (χ4n) is 1.87. The zero-order valence-corrected chi connectivity index (χ0v) is 11.1. The second-order valence-electron chi connectivity index (χ2n) is 4.46. The highest BCUT2D eigenvalue weighted by Crippen LogP contribution is 2.32. The molecular weight excluding hydrogens is 290 g/mol. The smallest absolute Gasteiger partial charge is 0.319 e. The van der Waals surface area contributed by atoms with Crippen molar-refractivity contribution in [2.24, 2.45) is 0 Å². The number of amides is 1. The molecule has 0 saturated carbocycles. The Morgan fingerprint density at radius 3 is 2.48 bits per heavy atom. The van der Waals surface area contributed by atoms with E-state index in [4.69, 9.17) is 0 Å². The molecule has 4 nitrogen and oxygen atoms in total. The first-order valence-corrected chi connectivity index (χ1v) is 5.90. The molecule has 2 N–H and O–H groups in total. The van der Waals surface area contributed by atoms with Crippen LogP contribution in [0.2, 0.25) is 0 Å². The van der Waals surface area contributed by atoms with Gasteiger partial charge in [0.15, 0.2) is 0 Å². The molecule has 1 heterocycles. The van der Waals surface area contributed by atoms with Crippen LogP contribution in [0, 0.1) is 19.7 Å². The molecule has 0 atom stereocenters. The number of hydrogen-bond donors (Lipinski definition) is 2. The van der Waals surface area contributed by atoms with Crippen molar-refractivity contribution in [1.82, 2.24) is 10.2 Å². The van der Waals surface area contributed by atoms with Crippen LogP contribution in [0.4, 0.5) is 23.2 Å². The molecule has 0 radical (unpaired) electrons. The topological polar surface area (TPSA) is 57.8 Å². The van der Waals surface area contributed by atoms with Crippen LogP contribution >= 0.6 is 0 Å². The average Bonchev–Trinajstić information content (AvgIpc) is 2.70. The fourth-order valence-corrected chi connectivity index (χ4v) is 1.87. The summed E-state index contributed by atoms with van der Waals surface area (Å²) in [6, 6.07) is 1.82. The fraction of sp³-hybridized carbons (Fsp3) is 0.231. The maximum absolute atomic E-state index is 13.6. The number of halogens is 4. The number of benzene rings is 1. The second kappa shape index (κ2) is 5.19. The van der Waals surface area contributed by atoms with Gasteiger partial charge in [0.2, 0.25) is 0 Å². The molecule has 8 heteroatoms. The Hall–Kier alpha value is -2.38. The number of H-pyrrole nitrogens is 1. The van der Waals surface area contributed by atoms with Crippen molar-refractivity contribution in [3.05, 3.63) is 46.5 Å². The first kappa shape index (κ1) is 15.0. The van der Waals surface area contributed by atoms with Gasteiger partial charge >= 0.3 is 6.18 Å². The third-order valence-corrected chi connectivity index (χ3v) is 2.90. The van der Waals surface area contributed by atoms with Gasteiger partial charge in [-0.15, -0.1) is 0 Å². The minimum Gasteiger partial charge on any atom is -0.319 e. The van der Waals surface area contributed by atoms with Crippen molar-refractivity contribution in [3.8, 4) is 0 Å². The third-order valence-electron chi connectivity index (χ3n) is 2.90. The van der Waals surface area contributed by atoms with Crippen LogP contribution in [-0.4, -0.2) is 16.1 Å². The van der Waals surface area contributed by atoms with E-state index in [-0.39, 0.29) is 5.56 Å². The number of aryl methyl sites for hydroxylation is 2. The number of carbonyl (C=O) groups is 1. The first-order valence-electron chi connectivity index (χ1n) is 5.90. The normalized spacial score (nSPS) is 11.5. The Balaban J connectivity index is 2.34. The Morgan fingerprint density at radius 1 is 1.29 bits per heavy atom. The van der Waals surface area contributed by atoms with Crippen LogP contribution < -0.4 is 5.32 Å². The van der Waals surface area contributed by atoms with Gasteiger partial charge in [-0.1, -0.05) is 0 Å². The van der Waals surface area contributed by atoms with Crippen LogP contribution in [0.1, 0.15) is 27.3 Å². The molecule has 0 spiro atoms. The number of alkyl halides is 3. The van der Waals surface area contributed by atoms with Crippen molar-refractivity contribution < 1.29 is 22.4 Å². The van der Waals surface area contributed by atoms with Crippen LogP contribution in [0.3, 0.4) is 0 Å². The van der Waals surface area contributed by atoms with Gasteiger partial charge in [-0.3, -0.25) is 9.89 Å². The van der Waals surface area contributed by atoms with Crippen molar-refractivity contribution in [2.45, 2.75) is 20.0 Å². The number of nitrogens with zero attached hydrogens (tertiary/aromatic N) is 1. The van der Waals surface area contributed by atoms with E-state index in [1.54, 1.807) is 13.8 Å². The van der Waals surface area contributed by atoms with Crippen molar-refractivity contribution >= 4 is 11.6 Å². The lowest BCUT2D eigenvalue weighted by atomic mass is 10.1. The molecule has 2 rings (SSSR count). The summed E-state index contributed by atoms with van der Waals surface area (Å²) >= 11 is 0. The molecular formula is C13H11F4N3O. The predicted molar refractivity (Wildman–Crippen MR) is 67.4 cm³/mol. The molecule has 0 aliphatic rings. The van der Waals surface area contributed by atoms with Gasteiger partial charge < -0.3 is 5.32 Å². The molecule has 0 saturated heterocycles. The SMILES string of the molecule is Cc1n[nH]c(C)c1C(=O)Nc1cc(C(F)(F)F)ccc1F. The highest BCUT2D eigenvalue weighted by Gasteiger charge is 2.31. The Morgan fingerprint density at radius 2 is 1.95 bits per heavy atom. The van der Waals surface area contributed by atoms with Crippen LogP contribution in [0.5, 0.6) is 0 Å². The number of anilines is 1. The van der Waals surface area contributed by atoms with Crippen LogP contribution in [0.25, 0.3) is 0 Å². The summed E-state index contributed by atoms with van der Waals surface area (Å²) in [4.78, 5) is 12.0. The van der Waals surface area contributed by atoms with E-state index >= 15 is 0 Å². The lowest BCUT2D eigenvalue weighted by Gasteiger charge is -2.11. The summed E-state index contributed by atoms with van der Waals surface area (Å²) in [6.45, 7) is 3.14. The predicted octanol–water partition coefficient (Wildman–Crippen LogP) is 3.44. The monoisotopic (exact) mass is 301 g/mol. The number of nitrogens with one attached hydrogen (secondary N) is 2. The minimum atomic E-state index is -4.62. The third kappa shape index (κ3) is 3.04. The van der Waals surface area contributed by atoms with Gasteiger partial charge in [0.05, 0.1) is 22.5 Å². The highest BCUT2D eigenvalue weighted by molar-refractivity contribution is 6.05. The molecule has 0 bridgehead atoms. The summed E-state index contributed by atoms with van der Waals surface area (Å²) in [7, 11) is 0. The largest absolute Gasteiger partial charge is 0.416 e. The van der Waals surface area contributed by atoms with Gasteiger partial charge in [0.1, 0.15) is 5.82 Å². The van der Waals surface area contributed by atoms with Crippen LogP contribution in [0.15, 0.2) is 18.2 Å². The Labute approximate surface area is 117 Å². The number of hydrogen-bond acceptors (Lipinski definition) is 2. The molecule has 2 aromatic rings. The number of rotatable bonds is 2. The number of aromatic amines is 1. The molecule has 0 fully saturated rings. The quantitative estimate of drug-likeness (QED) is 0.835. The van der Waals surface area contributed by atoms with Gasteiger partial charge in [0, 0.05) is 5.69 Å².